The van der Waals surface area contributed by atoms with Crippen molar-refractivity contribution in [3.05, 3.63) is 30.1 Å². The molecule has 130 valence electrons. The molecule has 6 nitrogen and oxygen atoms in total. The highest BCUT2D eigenvalue weighted by Crippen LogP contribution is 2.29. The second kappa shape index (κ2) is 7.75. The van der Waals surface area contributed by atoms with Crippen LogP contribution in [0.5, 0.6) is 0 Å². The van der Waals surface area contributed by atoms with Gasteiger partial charge in [0.05, 0.1) is 13.0 Å². The minimum absolute atomic E-state index is 0.0347. The van der Waals surface area contributed by atoms with Crippen LogP contribution in [0.15, 0.2) is 24.4 Å². The zero-order chi connectivity index (χ0) is 16.9. The summed E-state index contributed by atoms with van der Waals surface area (Å²) in [6.07, 6.45) is 4.06. The molecule has 2 amide bonds. The monoisotopic (exact) mass is 331 g/mol. The van der Waals surface area contributed by atoms with Crippen molar-refractivity contribution in [1.29, 1.82) is 0 Å². The summed E-state index contributed by atoms with van der Waals surface area (Å²) in [5.41, 5.74) is 0.781. The average Bonchev–Trinajstić information content (AvgIpc) is 3.44. The van der Waals surface area contributed by atoms with Crippen molar-refractivity contribution in [1.82, 2.24) is 14.8 Å². The minimum atomic E-state index is -0.388. The normalized spacial score (nSPS) is 19.2. The lowest BCUT2D eigenvalue weighted by Gasteiger charge is -2.36. The van der Waals surface area contributed by atoms with Gasteiger partial charge in [-0.05, 0) is 37.8 Å². The zero-order valence-corrected chi connectivity index (χ0v) is 14.2. The van der Waals surface area contributed by atoms with Crippen LogP contribution >= 0.6 is 0 Å². The molecule has 2 aliphatic rings. The molecule has 2 heterocycles. The van der Waals surface area contributed by atoms with E-state index in [0.29, 0.717) is 45.1 Å². The number of hydrogen-bond donors (Lipinski definition) is 0. The van der Waals surface area contributed by atoms with Crippen molar-refractivity contribution in [3.8, 4) is 0 Å². The third-order valence-corrected chi connectivity index (χ3v) is 4.63. The Hall–Kier alpha value is -1.95. The molecular formula is C18H25N3O3. The van der Waals surface area contributed by atoms with Crippen LogP contribution in [0, 0.1) is 5.92 Å². The number of piperazine rings is 1. The average molecular weight is 331 g/mol. The second-order valence-electron chi connectivity index (χ2n) is 6.62. The summed E-state index contributed by atoms with van der Waals surface area (Å²) in [5.74, 6) is 0.757. The maximum absolute atomic E-state index is 12.4. The molecule has 0 radical (unpaired) electrons. The summed E-state index contributed by atoms with van der Waals surface area (Å²) in [6.45, 7) is 4.81. The zero-order valence-electron chi connectivity index (χ0n) is 14.2. The molecule has 3 rings (SSSR count). The van der Waals surface area contributed by atoms with Crippen LogP contribution in [0.3, 0.4) is 0 Å². The number of nitrogens with zero attached hydrogens (tertiary/aromatic N) is 3. The molecule has 1 saturated carbocycles. The summed E-state index contributed by atoms with van der Waals surface area (Å²) in [7, 11) is 0. The van der Waals surface area contributed by atoms with E-state index in [2.05, 4.69) is 4.98 Å². The predicted molar refractivity (Wildman–Crippen MR) is 89.2 cm³/mol. The van der Waals surface area contributed by atoms with E-state index in [-0.39, 0.29) is 17.9 Å². The largest absolute Gasteiger partial charge is 0.368 e. The number of carbonyl (C=O) groups is 2. The molecule has 1 aliphatic heterocycles. The Balaban J connectivity index is 1.42. The van der Waals surface area contributed by atoms with Crippen molar-refractivity contribution in [2.75, 3.05) is 32.8 Å². The smallest absolute Gasteiger partial charge is 0.251 e. The lowest BCUT2D eigenvalue weighted by atomic mass is 10.2. The van der Waals surface area contributed by atoms with Gasteiger partial charge in [-0.3, -0.25) is 14.6 Å². The molecule has 0 N–H and O–H groups in total. The van der Waals surface area contributed by atoms with Gasteiger partial charge < -0.3 is 14.5 Å². The van der Waals surface area contributed by atoms with Gasteiger partial charge in [0.2, 0.25) is 5.91 Å². The van der Waals surface area contributed by atoms with E-state index in [0.717, 1.165) is 5.69 Å². The third-order valence-electron chi connectivity index (χ3n) is 4.63. The van der Waals surface area contributed by atoms with Gasteiger partial charge in [-0.1, -0.05) is 6.07 Å². The molecule has 6 heteroatoms. The van der Waals surface area contributed by atoms with Crippen LogP contribution in [0.2, 0.25) is 0 Å². The van der Waals surface area contributed by atoms with Crippen LogP contribution in [0.1, 0.15) is 25.5 Å². The van der Waals surface area contributed by atoms with Gasteiger partial charge in [0, 0.05) is 38.1 Å². The summed E-state index contributed by atoms with van der Waals surface area (Å²) in [6, 6.07) is 5.58. The molecular weight excluding hydrogens is 306 g/mol. The predicted octanol–water partition coefficient (Wildman–Crippen LogP) is 1.11. The first-order chi connectivity index (χ1) is 11.6. The molecule has 24 heavy (non-hydrogen) atoms. The van der Waals surface area contributed by atoms with Gasteiger partial charge in [0.25, 0.3) is 5.91 Å². The fourth-order valence-corrected chi connectivity index (χ4v) is 2.84. The first kappa shape index (κ1) is 16.9. The minimum Gasteiger partial charge on any atom is -0.368 e. The molecule has 1 unspecified atom stereocenters. The summed E-state index contributed by atoms with van der Waals surface area (Å²) in [4.78, 5) is 32.5. The quantitative estimate of drug-likeness (QED) is 0.783. The topological polar surface area (TPSA) is 62.7 Å². The first-order valence-electron chi connectivity index (χ1n) is 8.71. The summed E-state index contributed by atoms with van der Waals surface area (Å²) >= 11 is 0. The Morgan fingerprint density at radius 2 is 1.92 bits per heavy atom. The van der Waals surface area contributed by atoms with Gasteiger partial charge in [-0.2, -0.15) is 0 Å². The highest BCUT2D eigenvalue weighted by atomic mass is 16.5. The summed E-state index contributed by atoms with van der Waals surface area (Å²) < 4.78 is 5.65. The Bertz CT molecular complexity index is 566. The number of ether oxygens (including phenoxy) is 1. The summed E-state index contributed by atoms with van der Waals surface area (Å²) in [5, 5.41) is 0. The molecule has 2 fully saturated rings. The van der Waals surface area contributed by atoms with Crippen LogP contribution < -0.4 is 0 Å². The van der Waals surface area contributed by atoms with E-state index in [9.17, 15) is 9.59 Å². The maximum atomic E-state index is 12.4. The van der Waals surface area contributed by atoms with Crippen molar-refractivity contribution < 1.29 is 14.3 Å². The number of aromatic nitrogens is 1. The van der Waals surface area contributed by atoms with Crippen LogP contribution in [0.25, 0.3) is 0 Å². The van der Waals surface area contributed by atoms with Crippen molar-refractivity contribution in [3.63, 3.8) is 0 Å². The van der Waals surface area contributed by atoms with E-state index in [4.69, 9.17) is 4.74 Å². The van der Waals surface area contributed by atoms with E-state index >= 15 is 0 Å². The highest BCUT2D eigenvalue weighted by Gasteiger charge is 2.29. The van der Waals surface area contributed by atoms with Crippen molar-refractivity contribution >= 4 is 11.8 Å². The molecule has 1 aromatic heterocycles. The van der Waals surface area contributed by atoms with Crippen molar-refractivity contribution in [2.24, 2.45) is 5.92 Å². The van der Waals surface area contributed by atoms with E-state index in [1.165, 1.54) is 12.8 Å². The van der Waals surface area contributed by atoms with Gasteiger partial charge in [-0.25, -0.2) is 0 Å². The Morgan fingerprint density at radius 1 is 1.21 bits per heavy atom. The second-order valence-corrected chi connectivity index (χ2v) is 6.62. The molecule has 1 aromatic rings. The molecule has 1 aliphatic carbocycles. The van der Waals surface area contributed by atoms with Gasteiger partial charge in [0.1, 0.15) is 6.10 Å². The number of hydrogen-bond acceptors (Lipinski definition) is 4. The lowest BCUT2D eigenvalue weighted by molar-refractivity contribution is -0.147. The van der Waals surface area contributed by atoms with E-state index < -0.39 is 0 Å². The Labute approximate surface area is 142 Å². The van der Waals surface area contributed by atoms with Gasteiger partial charge in [0.15, 0.2) is 0 Å². The van der Waals surface area contributed by atoms with E-state index in [1.807, 2.05) is 34.9 Å². The maximum Gasteiger partial charge on any atom is 0.251 e. The highest BCUT2D eigenvalue weighted by molar-refractivity contribution is 5.81. The third kappa shape index (κ3) is 4.54. The number of pyridine rings is 1. The number of amides is 2. The standard InChI is InChI=1S/C18H25N3O3/c1-14(24-13-15-5-6-15)18(23)21-10-8-20(9-11-21)17(22)12-16-4-2-3-7-19-16/h2-4,7,14-15H,5-6,8-13H2,1H3. The molecule has 0 bridgehead atoms. The van der Waals surface area contributed by atoms with E-state index in [1.54, 1.807) is 6.20 Å². The first-order valence-corrected chi connectivity index (χ1v) is 8.71. The number of carbonyl (C=O) groups excluding carboxylic acids is 2. The fourth-order valence-electron chi connectivity index (χ4n) is 2.84. The van der Waals surface area contributed by atoms with Gasteiger partial charge >= 0.3 is 0 Å². The molecule has 0 spiro atoms. The van der Waals surface area contributed by atoms with Crippen LogP contribution in [0.4, 0.5) is 0 Å². The molecule has 1 saturated heterocycles. The van der Waals surface area contributed by atoms with Gasteiger partial charge in [-0.15, -0.1) is 0 Å². The molecule has 0 aromatic carbocycles. The van der Waals surface area contributed by atoms with Crippen LogP contribution in [-0.4, -0.2) is 65.5 Å². The lowest BCUT2D eigenvalue weighted by Crippen LogP contribution is -2.53. The SMILES string of the molecule is CC(OCC1CC1)C(=O)N1CCN(C(=O)Cc2ccccn2)CC1. The van der Waals surface area contributed by atoms with Crippen LogP contribution in [-0.2, 0) is 20.7 Å². The van der Waals surface area contributed by atoms with Crippen molar-refractivity contribution in [2.45, 2.75) is 32.3 Å². The number of rotatable bonds is 6. The fraction of sp³-hybridized carbons (Fsp3) is 0.611. The Kier molecular flexibility index (Phi) is 5.45. The molecule has 1 atom stereocenters. The Morgan fingerprint density at radius 3 is 2.54 bits per heavy atom.